The lowest BCUT2D eigenvalue weighted by Gasteiger charge is -2.18. The zero-order valence-electron chi connectivity index (χ0n) is 10.0. The topological polar surface area (TPSA) is 16.1 Å². The largest absolute Gasteiger partial charge is 0.302 e. The quantitative estimate of drug-likeness (QED) is 0.772. The second-order valence-corrected chi connectivity index (χ2v) is 6.52. The van der Waals surface area contributed by atoms with Gasteiger partial charge in [-0.3, -0.25) is 0 Å². The molecule has 0 radical (unpaired) electrons. The molecule has 1 saturated heterocycles. The molecule has 0 aromatic carbocycles. The van der Waals surface area contributed by atoms with Gasteiger partial charge in [0.1, 0.15) is 0 Å². The minimum atomic E-state index is 0.504. The van der Waals surface area contributed by atoms with Crippen molar-refractivity contribution in [3.05, 3.63) is 16.1 Å². The Morgan fingerprint density at radius 2 is 2.38 bits per heavy atom. The van der Waals surface area contributed by atoms with Crippen LogP contribution >= 0.6 is 22.9 Å². The maximum atomic E-state index is 5.74. The van der Waals surface area contributed by atoms with E-state index in [0.717, 1.165) is 18.7 Å². The molecule has 0 bridgehead atoms. The van der Waals surface area contributed by atoms with Crippen LogP contribution < -0.4 is 0 Å². The Hall–Kier alpha value is -0.120. The molecule has 0 unspecified atom stereocenters. The van der Waals surface area contributed by atoms with Gasteiger partial charge in [0.2, 0.25) is 0 Å². The van der Waals surface area contributed by atoms with Crippen molar-refractivity contribution in [2.45, 2.75) is 32.6 Å². The van der Waals surface area contributed by atoms with E-state index >= 15 is 0 Å². The van der Waals surface area contributed by atoms with Crippen LogP contribution in [-0.2, 0) is 12.3 Å². The van der Waals surface area contributed by atoms with E-state index in [1.165, 1.54) is 24.5 Å². The summed E-state index contributed by atoms with van der Waals surface area (Å²) >= 11 is 7.47. The molecule has 2 rings (SSSR count). The van der Waals surface area contributed by atoms with Gasteiger partial charge in [-0.15, -0.1) is 22.9 Å². The number of alkyl halides is 1. The molecular formula is C12H19ClN2S. The number of rotatable bonds is 4. The SMILES string of the molecule is CC1(C)CCN(CCc2nc(CCl)cs2)C1. The summed E-state index contributed by atoms with van der Waals surface area (Å²) in [5.41, 5.74) is 1.52. The Morgan fingerprint density at radius 3 is 2.94 bits per heavy atom. The zero-order valence-corrected chi connectivity index (χ0v) is 11.6. The number of likely N-dealkylation sites (tertiary alicyclic amines) is 1. The lowest BCUT2D eigenvalue weighted by atomic mass is 9.93. The maximum absolute atomic E-state index is 5.74. The van der Waals surface area contributed by atoms with Crippen LogP contribution in [0.4, 0.5) is 0 Å². The van der Waals surface area contributed by atoms with Crippen LogP contribution in [0, 0.1) is 5.41 Å². The highest BCUT2D eigenvalue weighted by Gasteiger charge is 2.28. The van der Waals surface area contributed by atoms with Crippen molar-refractivity contribution >= 4 is 22.9 Å². The molecule has 1 aliphatic rings. The molecule has 1 fully saturated rings. The molecule has 0 atom stereocenters. The fourth-order valence-electron chi connectivity index (χ4n) is 2.19. The van der Waals surface area contributed by atoms with Crippen molar-refractivity contribution in [3.63, 3.8) is 0 Å². The molecular weight excluding hydrogens is 240 g/mol. The highest BCUT2D eigenvalue weighted by molar-refractivity contribution is 7.09. The van der Waals surface area contributed by atoms with E-state index < -0.39 is 0 Å². The fourth-order valence-corrected chi connectivity index (χ4v) is 3.21. The average molecular weight is 259 g/mol. The fraction of sp³-hybridized carbons (Fsp3) is 0.750. The van der Waals surface area contributed by atoms with Crippen LogP contribution in [0.2, 0.25) is 0 Å². The van der Waals surface area contributed by atoms with Gasteiger partial charge in [-0.2, -0.15) is 0 Å². The van der Waals surface area contributed by atoms with Crippen LogP contribution in [0.1, 0.15) is 31.0 Å². The molecule has 0 amide bonds. The number of hydrogen-bond donors (Lipinski definition) is 0. The summed E-state index contributed by atoms with van der Waals surface area (Å²) in [6, 6.07) is 0. The first-order chi connectivity index (χ1) is 7.59. The van der Waals surface area contributed by atoms with Crippen LogP contribution in [0.15, 0.2) is 5.38 Å². The molecule has 0 aliphatic carbocycles. The molecule has 0 N–H and O–H groups in total. The minimum absolute atomic E-state index is 0.504. The standard InChI is InChI=1S/C12H19ClN2S/c1-12(2)4-6-15(9-12)5-3-11-14-10(7-13)8-16-11/h8H,3-7,9H2,1-2H3. The van der Waals surface area contributed by atoms with E-state index in [2.05, 4.69) is 29.1 Å². The molecule has 0 saturated carbocycles. The van der Waals surface area contributed by atoms with Crippen molar-refractivity contribution in [2.75, 3.05) is 19.6 Å². The Kier molecular flexibility index (Phi) is 3.88. The number of nitrogens with zero attached hydrogens (tertiary/aromatic N) is 2. The van der Waals surface area contributed by atoms with Gasteiger partial charge in [-0.25, -0.2) is 4.98 Å². The second-order valence-electron chi connectivity index (χ2n) is 5.31. The van der Waals surface area contributed by atoms with E-state index in [9.17, 15) is 0 Å². The van der Waals surface area contributed by atoms with Crippen LogP contribution in [-0.4, -0.2) is 29.5 Å². The maximum Gasteiger partial charge on any atom is 0.0941 e. The number of hydrogen-bond acceptors (Lipinski definition) is 3. The van der Waals surface area contributed by atoms with Crippen molar-refractivity contribution < 1.29 is 0 Å². The summed E-state index contributed by atoms with van der Waals surface area (Å²) < 4.78 is 0. The Balaban J connectivity index is 1.80. The van der Waals surface area contributed by atoms with E-state index in [4.69, 9.17) is 11.6 Å². The minimum Gasteiger partial charge on any atom is -0.302 e. The van der Waals surface area contributed by atoms with Crippen LogP contribution in [0.25, 0.3) is 0 Å². The molecule has 0 spiro atoms. The first-order valence-electron chi connectivity index (χ1n) is 5.81. The van der Waals surface area contributed by atoms with Gasteiger partial charge < -0.3 is 4.90 Å². The number of aromatic nitrogens is 1. The number of thiazole rings is 1. The molecule has 1 aromatic heterocycles. The molecule has 90 valence electrons. The van der Waals surface area contributed by atoms with Crippen LogP contribution in [0.5, 0.6) is 0 Å². The smallest absolute Gasteiger partial charge is 0.0941 e. The Labute approximate surface area is 107 Å². The summed E-state index contributed by atoms with van der Waals surface area (Å²) in [5, 5.41) is 3.29. The van der Waals surface area contributed by atoms with Gasteiger partial charge in [0, 0.05) is 24.9 Å². The lowest BCUT2D eigenvalue weighted by Crippen LogP contribution is -2.25. The van der Waals surface area contributed by atoms with E-state index in [-0.39, 0.29) is 0 Å². The molecule has 4 heteroatoms. The molecule has 2 heterocycles. The van der Waals surface area contributed by atoms with Crippen molar-refractivity contribution in [2.24, 2.45) is 5.41 Å². The summed E-state index contributed by atoms with van der Waals surface area (Å²) in [5.74, 6) is 0.535. The highest BCUT2D eigenvalue weighted by atomic mass is 35.5. The van der Waals surface area contributed by atoms with E-state index in [1.54, 1.807) is 11.3 Å². The van der Waals surface area contributed by atoms with Gasteiger partial charge in [-0.05, 0) is 18.4 Å². The van der Waals surface area contributed by atoms with Gasteiger partial charge >= 0.3 is 0 Å². The first-order valence-corrected chi connectivity index (χ1v) is 7.22. The molecule has 2 nitrogen and oxygen atoms in total. The first kappa shape index (κ1) is 12.3. The summed E-state index contributed by atoms with van der Waals surface area (Å²) in [4.78, 5) is 7.03. The third-order valence-corrected chi connectivity index (χ3v) is 4.37. The van der Waals surface area contributed by atoms with E-state index in [1.807, 2.05) is 0 Å². The van der Waals surface area contributed by atoms with Crippen LogP contribution in [0.3, 0.4) is 0 Å². The normalized spacial score (nSPS) is 20.4. The molecule has 1 aromatic rings. The van der Waals surface area contributed by atoms with Crippen molar-refractivity contribution in [1.82, 2.24) is 9.88 Å². The Bertz CT molecular complexity index is 349. The lowest BCUT2D eigenvalue weighted by molar-refractivity contribution is 0.294. The predicted molar refractivity (Wildman–Crippen MR) is 70.2 cm³/mol. The van der Waals surface area contributed by atoms with Gasteiger partial charge in [0.25, 0.3) is 0 Å². The predicted octanol–water partition coefficient (Wildman–Crippen LogP) is 3.16. The van der Waals surface area contributed by atoms with E-state index in [0.29, 0.717) is 11.3 Å². The third kappa shape index (κ3) is 3.19. The van der Waals surface area contributed by atoms with Crippen molar-refractivity contribution in [1.29, 1.82) is 0 Å². The monoisotopic (exact) mass is 258 g/mol. The summed E-state index contributed by atoms with van der Waals surface area (Å²) in [7, 11) is 0. The third-order valence-electron chi connectivity index (χ3n) is 3.13. The summed E-state index contributed by atoms with van der Waals surface area (Å²) in [6.45, 7) is 8.30. The number of halogens is 1. The highest BCUT2D eigenvalue weighted by Crippen LogP contribution is 2.28. The molecule has 16 heavy (non-hydrogen) atoms. The summed E-state index contributed by atoms with van der Waals surface area (Å²) in [6.07, 6.45) is 2.38. The van der Waals surface area contributed by atoms with Gasteiger partial charge in [0.05, 0.1) is 16.6 Å². The van der Waals surface area contributed by atoms with Gasteiger partial charge in [-0.1, -0.05) is 13.8 Å². The average Bonchev–Trinajstić information content (AvgIpc) is 2.81. The van der Waals surface area contributed by atoms with Crippen molar-refractivity contribution in [3.8, 4) is 0 Å². The molecule has 1 aliphatic heterocycles. The van der Waals surface area contributed by atoms with Gasteiger partial charge in [0.15, 0.2) is 0 Å². The Morgan fingerprint density at radius 1 is 1.56 bits per heavy atom. The second kappa shape index (κ2) is 5.03. The zero-order chi connectivity index (χ0) is 11.6.